The normalized spacial score (nSPS) is 12.6. The highest BCUT2D eigenvalue weighted by Gasteiger charge is 2.04. The molecule has 0 saturated heterocycles. The van der Waals surface area contributed by atoms with E-state index in [9.17, 15) is 0 Å². The van der Waals surface area contributed by atoms with Crippen molar-refractivity contribution in [2.45, 2.75) is 84.1 Å². The van der Waals surface area contributed by atoms with Crippen molar-refractivity contribution >= 4 is 0 Å². The van der Waals surface area contributed by atoms with Gasteiger partial charge in [0, 0.05) is 6.04 Å². The van der Waals surface area contributed by atoms with Crippen LogP contribution in [0.1, 0.15) is 75.8 Å². The average Bonchev–Trinajstić information content (AvgIpc) is 2.42. The number of benzene rings is 1. The van der Waals surface area contributed by atoms with Crippen LogP contribution in [-0.4, -0.2) is 6.04 Å². The highest BCUT2D eigenvalue weighted by atomic mass is 14.6. The van der Waals surface area contributed by atoms with Crippen LogP contribution in [0, 0.1) is 6.92 Å². The van der Waals surface area contributed by atoms with E-state index in [1.165, 1.54) is 68.9 Å². The molecule has 0 amide bonds. The van der Waals surface area contributed by atoms with Crippen LogP contribution in [0.3, 0.4) is 0 Å². The van der Waals surface area contributed by atoms with Crippen LogP contribution in [-0.2, 0) is 6.42 Å². The quantitative estimate of drug-likeness (QED) is 0.538. The van der Waals surface area contributed by atoms with Crippen LogP contribution < -0.4 is 5.73 Å². The van der Waals surface area contributed by atoms with Crippen molar-refractivity contribution in [2.24, 2.45) is 5.73 Å². The lowest BCUT2D eigenvalue weighted by molar-refractivity contribution is 0.525. The summed E-state index contributed by atoms with van der Waals surface area (Å²) in [6.45, 7) is 4.42. The first-order chi connectivity index (χ1) is 9.72. The van der Waals surface area contributed by atoms with E-state index < -0.39 is 0 Å². The predicted molar refractivity (Wildman–Crippen MR) is 90.1 cm³/mol. The zero-order valence-corrected chi connectivity index (χ0v) is 13.5. The molecule has 0 aliphatic carbocycles. The van der Waals surface area contributed by atoms with E-state index in [1.54, 1.807) is 0 Å². The minimum atomic E-state index is 0.330. The number of nitrogens with two attached hydrogens (primary N) is 1. The topological polar surface area (TPSA) is 26.0 Å². The molecule has 0 aliphatic rings. The monoisotopic (exact) mass is 275 g/mol. The van der Waals surface area contributed by atoms with Gasteiger partial charge in [0.25, 0.3) is 0 Å². The summed E-state index contributed by atoms with van der Waals surface area (Å²) in [7, 11) is 0. The van der Waals surface area contributed by atoms with Gasteiger partial charge in [0.2, 0.25) is 0 Å². The first-order valence-electron chi connectivity index (χ1n) is 8.53. The Morgan fingerprint density at radius 1 is 0.950 bits per heavy atom. The molecule has 1 aromatic rings. The summed E-state index contributed by atoms with van der Waals surface area (Å²) < 4.78 is 0. The average molecular weight is 275 g/mol. The second-order valence-electron chi connectivity index (χ2n) is 6.22. The Morgan fingerprint density at radius 2 is 1.60 bits per heavy atom. The van der Waals surface area contributed by atoms with Gasteiger partial charge in [0.05, 0.1) is 0 Å². The molecule has 1 rings (SSSR count). The third-order valence-corrected chi connectivity index (χ3v) is 4.01. The van der Waals surface area contributed by atoms with Crippen molar-refractivity contribution in [3.8, 4) is 0 Å². The molecule has 0 aliphatic heterocycles. The fraction of sp³-hybridized carbons (Fsp3) is 0.684. The van der Waals surface area contributed by atoms with Crippen LogP contribution in [0.2, 0.25) is 0 Å². The molecule has 1 nitrogen and oxygen atoms in total. The molecule has 1 heteroatoms. The summed E-state index contributed by atoms with van der Waals surface area (Å²) in [6.07, 6.45) is 13.2. The van der Waals surface area contributed by atoms with Crippen molar-refractivity contribution in [2.75, 3.05) is 0 Å². The maximum Gasteiger partial charge on any atom is 0.00793 e. The lowest BCUT2D eigenvalue weighted by Gasteiger charge is -2.12. The van der Waals surface area contributed by atoms with E-state index in [4.69, 9.17) is 5.73 Å². The smallest absolute Gasteiger partial charge is 0.00793 e. The molecular formula is C19H33N. The SMILES string of the molecule is CCCCCCCCCCC(N)Cc1cccc(C)c1. The highest BCUT2D eigenvalue weighted by molar-refractivity contribution is 5.22. The van der Waals surface area contributed by atoms with E-state index in [1.807, 2.05) is 0 Å². The Hall–Kier alpha value is -0.820. The maximum atomic E-state index is 6.24. The number of hydrogen-bond acceptors (Lipinski definition) is 1. The summed E-state index contributed by atoms with van der Waals surface area (Å²) in [4.78, 5) is 0. The van der Waals surface area contributed by atoms with Gasteiger partial charge in [0.15, 0.2) is 0 Å². The van der Waals surface area contributed by atoms with Gasteiger partial charge in [-0.3, -0.25) is 0 Å². The number of hydrogen-bond donors (Lipinski definition) is 1. The van der Waals surface area contributed by atoms with Gasteiger partial charge in [-0.1, -0.05) is 88.1 Å². The van der Waals surface area contributed by atoms with E-state index in [2.05, 4.69) is 38.1 Å². The van der Waals surface area contributed by atoms with Gasteiger partial charge >= 0.3 is 0 Å². The van der Waals surface area contributed by atoms with Crippen LogP contribution in [0.25, 0.3) is 0 Å². The number of unbranched alkanes of at least 4 members (excludes halogenated alkanes) is 7. The Kier molecular flexibility index (Phi) is 9.40. The minimum Gasteiger partial charge on any atom is -0.327 e. The molecule has 1 atom stereocenters. The standard InChI is InChI=1S/C19H33N/c1-3-4-5-6-7-8-9-10-14-19(20)16-18-13-11-12-17(2)15-18/h11-13,15,19H,3-10,14,16,20H2,1-2H3. The molecule has 1 unspecified atom stereocenters. The minimum absolute atomic E-state index is 0.330. The van der Waals surface area contributed by atoms with Crippen LogP contribution in [0.5, 0.6) is 0 Å². The van der Waals surface area contributed by atoms with Crippen molar-refractivity contribution in [3.63, 3.8) is 0 Å². The zero-order chi connectivity index (χ0) is 14.6. The molecule has 0 spiro atoms. The van der Waals surface area contributed by atoms with Gasteiger partial charge in [0.1, 0.15) is 0 Å². The van der Waals surface area contributed by atoms with E-state index >= 15 is 0 Å². The molecule has 0 aromatic heterocycles. The van der Waals surface area contributed by atoms with Gasteiger partial charge in [-0.15, -0.1) is 0 Å². The molecule has 20 heavy (non-hydrogen) atoms. The first-order valence-corrected chi connectivity index (χ1v) is 8.53. The maximum absolute atomic E-state index is 6.24. The van der Waals surface area contributed by atoms with Crippen LogP contribution in [0.4, 0.5) is 0 Å². The summed E-state index contributed by atoms with van der Waals surface area (Å²) in [6, 6.07) is 9.06. The number of rotatable bonds is 11. The molecular weight excluding hydrogens is 242 g/mol. The summed E-state index contributed by atoms with van der Waals surface area (Å²) in [5.41, 5.74) is 8.96. The second-order valence-corrected chi connectivity index (χ2v) is 6.22. The highest BCUT2D eigenvalue weighted by Crippen LogP contribution is 2.12. The largest absolute Gasteiger partial charge is 0.327 e. The molecule has 2 N–H and O–H groups in total. The van der Waals surface area contributed by atoms with Gasteiger partial charge in [-0.25, -0.2) is 0 Å². The first kappa shape index (κ1) is 17.2. The Morgan fingerprint density at radius 3 is 2.25 bits per heavy atom. The molecule has 114 valence electrons. The summed E-state index contributed by atoms with van der Waals surface area (Å²) >= 11 is 0. The second kappa shape index (κ2) is 10.9. The van der Waals surface area contributed by atoms with E-state index in [0.717, 1.165) is 6.42 Å². The van der Waals surface area contributed by atoms with Crippen molar-refractivity contribution in [1.82, 2.24) is 0 Å². The molecule has 0 heterocycles. The Labute approximate surface area is 126 Å². The molecule has 0 bridgehead atoms. The summed E-state index contributed by atoms with van der Waals surface area (Å²) in [5, 5.41) is 0. The Balaban J connectivity index is 2.01. The van der Waals surface area contributed by atoms with Crippen LogP contribution >= 0.6 is 0 Å². The Bertz CT molecular complexity index is 345. The van der Waals surface area contributed by atoms with E-state index in [0.29, 0.717) is 6.04 Å². The third kappa shape index (κ3) is 8.37. The van der Waals surface area contributed by atoms with Crippen molar-refractivity contribution < 1.29 is 0 Å². The van der Waals surface area contributed by atoms with Crippen molar-refractivity contribution in [3.05, 3.63) is 35.4 Å². The lowest BCUT2D eigenvalue weighted by Crippen LogP contribution is -2.22. The summed E-state index contributed by atoms with van der Waals surface area (Å²) in [5.74, 6) is 0. The van der Waals surface area contributed by atoms with Gasteiger partial charge < -0.3 is 5.73 Å². The molecule has 1 aromatic carbocycles. The van der Waals surface area contributed by atoms with Crippen LogP contribution in [0.15, 0.2) is 24.3 Å². The van der Waals surface area contributed by atoms with Gasteiger partial charge in [-0.05, 0) is 25.3 Å². The molecule has 0 radical (unpaired) electrons. The zero-order valence-electron chi connectivity index (χ0n) is 13.5. The fourth-order valence-electron chi connectivity index (χ4n) is 2.78. The third-order valence-electron chi connectivity index (χ3n) is 4.01. The predicted octanol–water partition coefficient (Wildman–Crippen LogP) is 5.40. The lowest BCUT2D eigenvalue weighted by atomic mass is 9.99. The fourth-order valence-corrected chi connectivity index (χ4v) is 2.78. The van der Waals surface area contributed by atoms with E-state index in [-0.39, 0.29) is 0 Å². The van der Waals surface area contributed by atoms with Gasteiger partial charge in [-0.2, -0.15) is 0 Å². The number of aryl methyl sites for hydroxylation is 1. The molecule has 0 saturated carbocycles. The van der Waals surface area contributed by atoms with Crippen molar-refractivity contribution in [1.29, 1.82) is 0 Å². The molecule has 0 fully saturated rings.